The molecule has 8 saturated heterocycles. The molecule has 8 aliphatic heterocycles. The van der Waals surface area contributed by atoms with Crippen LogP contribution < -0.4 is 39.7 Å². The zero-order valence-corrected chi connectivity index (χ0v) is 68.5. The number of rotatable bonds is 33. The summed E-state index contributed by atoms with van der Waals surface area (Å²) >= 11 is 0. The van der Waals surface area contributed by atoms with Crippen LogP contribution in [0.3, 0.4) is 0 Å². The van der Waals surface area contributed by atoms with E-state index in [1.165, 1.54) is 6.92 Å². The van der Waals surface area contributed by atoms with Gasteiger partial charge in [-0.15, -0.1) is 0 Å². The van der Waals surface area contributed by atoms with Crippen LogP contribution in [-0.2, 0) is 85.3 Å². The molecule has 56 nitrogen and oxygen atoms in total. The van der Waals surface area contributed by atoms with E-state index in [-0.39, 0.29) is 78.8 Å². The van der Waals surface area contributed by atoms with Gasteiger partial charge in [0, 0.05) is 58.7 Å². The Labute approximate surface area is 715 Å². The summed E-state index contributed by atoms with van der Waals surface area (Å²) in [6.45, 7) is 0.513. The van der Waals surface area contributed by atoms with E-state index in [0.29, 0.717) is 6.54 Å². The lowest BCUT2D eigenvalue weighted by molar-refractivity contribution is -0.367. The van der Waals surface area contributed by atoms with E-state index in [4.69, 9.17) is 130 Å². The molecule has 1 amide bonds. The van der Waals surface area contributed by atoms with Crippen LogP contribution in [0.4, 0.5) is 0 Å². The highest BCUT2D eigenvalue weighted by Gasteiger charge is 2.56. The Morgan fingerprint density at radius 3 is 0.920 bits per heavy atom. The molecule has 0 aromatic carbocycles. The Morgan fingerprint density at radius 2 is 0.560 bits per heavy atom. The minimum atomic E-state index is -1.81. The quantitative estimate of drug-likeness (QED) is 0.0290. The lowest BCUT2D eigenvalue weighted by atomic mass is 9.81. The van der Waals surface area contributed by atoms with Gasteiger partial charge in [0.1, 0.15) is 201 Å². The van der Waals surface area contributed by atoms with Crippen molar-refractivity contribution in [1.82, 2.24) is 5.32 Å². The number of nitrogens with one attached hydrogen (secondary N) is 1. The molecule has 0 spiro atoms. The van der Waals surface area contributed by atoms with Gasteiger partial charge in [-0.1, -0.05) is 0 Å². The van der Waals surface area contributed by atoms with Crippen molar-refractivity contribution in [3.8, 4) is 0 Å². The molecular weight excluding hydrogens is 1710 g/mol. The predicted molar refractivity (Wildman–Crippen MR) is 404 cm³/mol. The molecule has 0 bridgehead atoms. The molecule has 0 aromatic rings. The molecule has 44 N–H and O–H groups in total. The van der Waals surface area contributed by atoms with Gasteiger partial charge in [-0.2, -0.15) is 0 Å². The topological polar surface area (TPSA) is 969 Å². The molecule has 0 radical (unpaired) electrons. The van der Waals surface area contributed by atoms with E-state index >= 15 is 0 Å². The fraction of sp³-hybridized carbons (Fsp3) is 0.986. The molecule has 742 valence electrons. The average molecular weight is 1850 g/mol. The molecule has 1 saturated carbocycles. The third-order valence-electron chi connectivity index (χ3n) is 20.7. The maximum atomic E-state index is 11.0. The van der Waals surface area contributed by atoms with Gasteiger partial charge in [0.05, 0.1) is 104 Å². The number of carbonyl (C=O) groups excluding carboxylic acids is 1. The zero-order chi connectivity index (χ0) is 94.1. The lowest BCUT2D eigenvalue weighted by Gasteiger charge is -2.46. The van der Waals surface area contributed by atoms with E-state index in [0.717, 1.165) is 0 Å². The molecule has 8 heterocycles. The molecule has 45 atom stereocenters. The van der Waals surface area contributed by atoms with Crippen molar-refractivity contribution >= 4 is 5.91 Å². The third kappa shape index (κ3) is 32.0. The highest BCUT2D eigenvalue weighted by atomic mass is 16.8. The van der Waals surface area contributed by atoms with Crippen LogP contribution in [-0.4, -0.2) is 566 Å². The van der Waals surface area contributed by atoms with Crippen molar-refractivity contribution < 1.29 is 244 Å². The second kappa shape index (κ2) is 57.8. The maximum absolute atomic E-state index is 11.0. The number of carbonyl (C=O) groups is 1. The van der Waals surface area contributed by atoms with Gasteiger partial charge in [-0.25, -0.2) is 0 Å². The number of ether oxygens (including phenoxy) is 17. The van der Waals surface area contributed by atoms with Gasteiger partial charge < -0.3 is 279 Å². The average Bonchev–Trinajstić information content (AvgIpc) is 0.768. The van der Waals surface area contributed by atoms with Gasteiger partial charge in [-0.3, -0.25) is 4.79 Å². The normalized spacial score (nSPS) is 44.6. The first-order chi connectivity index (χ1) is 59.2. The van der Waals surface area contributed by atoms with E-state index in [9.17, 15) is 148 Å². The van der Waals surface area contributed by atoms with Crippen LogP contribution in [0.15, 0.2) is 0 Å². The molecular formula is C69H137N7O49. The van der Waals surface area contributed by atoms with Gasteiger partial charge in [0.25, 0.3) is 0 Å². The number of nitrogens with two attached hydrogens (primary N) is 6. The number of amides is 1. The molecule has 9 aliphatic rings. The van der Waals surface area contributed by atoms with Gasteiger partial charge in [-0.05, 0) is 13.3 Å². The minimum absolute atomic E-state index is 0.0141. The van der Waals surface area contributed by atoms with E-state index in [1.54, 1.807) is 6.92 Å². The molecule has 9 fully saturated rings. The largest absolute Gasteiger partial charge is 0.396 e. The highest BCUT2D eigenvalue weighted by molar-refractivity contribution is 5.73. The van der Waals surface area contributed by atoms with Crippen LogP contribution in [0.1, 0.15) is 20.3 Å². The van der Waals surface area contributed by atoms with Crippen molar-refractivity contribution in [2.45, 2.75) is 290 Å². The third-order valence-corrected chi connectivity index (χ3v) is 20.7. The second-order valence-electron chi connectivity index (χ2n) is 29.8. The Bertz CT molecular complexity index is 2800. The Morgan fingerprint density at radius 1 is 0.280 bits per heavy atom. The summed E-state index contributed by atoms with van der Waals surface area (Å²) in [4.78, 5) is 11.0. The highest BCUT2D eigenvalue weighted by Crippen LogP contribution is 2.35. The van der Waals surface area contributed by atoms with Gasteiger partial charge in [0.15, 0.2) is 50.3 Å². The smallest absolute Gasteiger partial charge is 0.217 e. The standard InChI is InChI=1S/C21H39NO15.C14H27NO11.C10H20N2O6.2C8H17NO6.C8H17NO5/c22-1-2-33-20-18(32)19(37-21-17(31)16(30)13(27)9(5-24)35-21)14(28)10(36-20)6-34-8-3-7(4-23)11(25)15(29)12(8)26;15-1-2-23-14-12(10(21)8(19)6(4-17)25-14)26-13-11(22)9(20)7(18)5(3-16)24-13;1-5(14)12-7-9(16)8(15)6(4-13)18-10(7)17-3-2-11;2*9-1-2-14-8-7(13)6(12)5(11)4(3-10)15-8;1-4-5(10)6(11)7(12)8(14-4)13-3-2-9/h7-21,23-32H,1-6,22H2;5-14,16-22H,1-4,15H2;6-10,13,15-16H,2-4,11H2,1H3,(H,12,14);2*4-8,10-13H,1-3,9H2;4-8,10-12H,2-3,9H2,1H3/t7-,8+,9-,10-,11-,12-,13-,14-,15+,16+,17+,18+,19+,20+,21-;5-,6-,7-,8-,9+,10+,11+,12+,13-,14+;6-,7-,8-,9-,10+;4-,5-,6+,7+,8+;4-,5-,6+,7-,8+;4-,5+,6+,7-,8-/m111110/s1. The minimum Gasteiger partial charge on any atom is -0.396 e. The fourth-order valence-electron chi connectivity index (χ4n) is 13.5. The molecule has 0 unspecified atom stereocenters. The molecule has 1 aliphatic carbocycles. The number of hydrogen-bond acceptors (Lipinski definition) is 55. The molecule has 56 heteroatoms. The van der Waals surface area contributed by atoms with E-state index < -0.39 is 335 Å². The maximum Gasteiger partial charge on any atom is 0.217 e. The van der Waals surface area contributed by atoms with Gasteiger partial charge >= 0.3 is 0 Å². The van der Waals surface area contributed by atoms with Crippen molar-refractivity contribution in [3.63, 3.8) is 0 Å². The Balaban J connectivity index is 0.000000328. The van der Waals surface area contributed by atoms with Crippen LogP contribution in [0.5, 0.6) is 0 Å². The van der Waals surface area contributed by atoms with Gasteiger partial charge in [0.2, 0.25) is 5.91 Å². The number of aliphatic hydroxyl groups is 31. The summed E-state index contributed by atoms with van der Waals surface area (Å²) in [5.74, 6) is -1.16. The summed E-state index contributed by atoms with van der Waals surface area (Å²) in [7, 11) is 0. The predicted octanol–water partition coefficient (Wildman–Crippen LogP) is -24.1. The van der Waals surface area contributed by atoms with Crippen LogP contribution in [0.2, 0.25) is 0 Å². The summed E-state index contributed by atoms with van der Waals surface area (Å²) in [6.07, 6.45) is -57.7. The Hall–Kier alpha value is -2.69. The summed E-state index contributed by atoms with van der Waals surface area (Å²) in [5.41, 5.74) is 31.7. The molecule has 9 rings (SSSR count). The fourth-order valence-corrected chi connectivity index (χ4v) is 13.5. The molecule has 0 aromatic heterocycles. The van der Waals surface area contributed by atoms with Crippen molar-refractivity contribution in [1.29, 1.82) is 0 Å². The number of hydrogen-bond donors (Lipinski definition) is 38. The summed E-state index contributed by atoms with van der Waals surface area (Å²) in [6, 6.07) is -0.910. The Kier molecular flexibility index (Phi) is 53.0. The van der Waals surface area contributed by atoms with Crippen molar-refractivity contribution in [2.75, 3.05) is 132 Å². The van der Waals surface area contributed by atoms with Crippen LogP contribution in [0, 0.1) is 5.92 Å². The zero-order valence-electron chi connectivity index (χ0n) is 68.5. The molecule has 125 heavy (non-hydrogen) atoms. The van der Waals surface area contributed by atoms with Crippen molar-refractivity contribution in [3.05, 3.63) is 0 Å². The SMILES string of the molecule is CC(=O)N[C@H]1[C@@H](OCCN)O[C@H](CO)[C@@H](O)[C@@H]1O.C[C@@H]1O[C@H](OCCN)[C@@H](O)[C@H](O)[C@@H]1O.NCCO[C@H]1O[C@H](CO)[C@@H](O)[C@H](O)[C@@H]1O.NCCO[C@H]1O[C@H](CO)[C@@H](O)[C@H](O)[C@@H]1O[C@H]1O[C@H](CO)[C@@H](O)[C@H](O)[C@@H]1O.NCCO[C@H]1O[C@H](CO)[C@@H](O)[C@H](O)[C@H]1O.NCCO[C@H]1O[C@H](CO[C@H]2C[C@H](CO)[C@@H](O)[C@H](O)[C@@H]2O)[C@@H](O)[C@H](O[C@H]2O[C@H](CO)[C@@H](O)[C@H](O)[C@@H]2O)[C@@H]1O. The van der Waals surface area contributed by atoms with Crippen LogP contribution in [0.25, 0.3) is 0 Å². The van der Waals surface area contributed by atoms with Crippen molar-refractivity contribution in [2.24, 2.45) is 40.3 Å². The first-order valence-corrected chi connectivity index (χ1v) is 40.1. The monoisotopic (exact) mass is 1850 g/mol. The summed E-state index contributed by atoms with van der Waals surface area (Å²) < 4.78 is 89.7. The van der Waals surface area contributed by atoms with Crippen LogP contribution >= 0.6 is 0 Å². The second-order valence-corrected chi connectivity index (χ2v) is 29.8. The summed E-state index contributed by atoms with van der Waals surface area (Å²) in [5, 5.41) is 303. The number of aliphatic hydroxyl groups excluding tert-OH is 31. The first-order valence-electron chi connectivity index (χ1n) is 40.1. The first kappa shape index (κ1) is 115. The van der Waals surface area contributed by atoms with E-state index in [2.05, 4.69) is 5.32 Å². The lowest BCUT2D eigenvalue weighted by Crippen LogP contribution is -2.65. The van der Waals surface area contributed by atoms with E-state index in [1.807, 2.05) is 0 Å².